The molecule has 120 valence electrons. The first-order chi connectivity index (χ1) is 10.6. The smallest absolute Gasteiger partial charge is 0.168 e. The van der Waals surface area contributed by atoms with E-state index in [2.05, 4.69) is 50.0 Å². The van der Waals surface area contributed by atoms with Gasteiger partial charge < -0.3 is 0 Å². The molecule has 22 heavy (non-hydrogen) atoms. The second kappa shape index (κ2) is 6.84. The molecule has 2 rings (SSSR count). The maximum Gasteiger partial charge on any atom is 0.168 e. The highest BCUT2D eigenvalue weighted by molar-refractivity contribution is 5.34. The van der Waals surface area contributed by atoms with Crippen LogP contribution in [0.15, 0.2) is 12.2 Å². The number of hydrogen-bond acceptors (Lipinski definition) is 3. The number of hydrogen-bond donors (Lipinski definition) is 0. The molecule has 0 radical (unpaired) electrons. The standard InChI is InChI=1S/C19H29N3/c1-4-5-6-11-18(3)16(2)9-10-17(19(18,14-20)15-21)22-12-7-8-13-22/h9-10,16-17H,4-8,11-13H2,1-3H3. The van der Waals surface area contributed by atoms with Crippen LogP contribution in [0.2, 0.25) is 0 Å². The number of rotatable bonds is 5. The largest absolute Gasteiger partial charge is 0.294 e. The van der Waals surface area contributed by atoms with Gasteiger partial charge in [0.2, 0.25) is 0 Å². The zero-order chi connectivity index (χ0) is 16.2. The molecule has 0 aromatic carbocycles. The summed E-state index contributed by atoms with van der Waals surface area (Å²) in [5.74, 6) is 0.266. The van der Waals surface area contributed by atoms with Crippen LogP contribution in [-0.2, 0) is 0 Å². The summed E-state index contributed by atoms with van der Waals surface area (Å²) in [6.07, 6.45) is 11.2. The monoisotopic (exact) mass is 299 g/mol. The van der Waals surface area contributed by atoms with E-state index in [-0.39, 0.29) is 17.4 Å². The third-order valence-corrected chi connectivity index (χ3v) is 6.12. The SMILES string of the molecule is CCCCCC1(C)C(C)C=CC(N2CCCC2)C1(C#N)C#N. The van der Waals surface area contributed by atoms with E-state index in [1.54, 1.807) is 0 Å². The molecule has 0 aromatic heterocycles. The molecule has 3 atom stereocenters. The van der Waals surface area contributed by atoms with Gasteiger partial charge in [-0.2, -0.15) is 10.5 Å². The Balaban J connectivity index is 2.39. The van der Waals surface area contributed by atoms with Gasteiger partial charge in [0.05, 0.1) is 18.2 Å². The van der Waals surface area contributed by atoms with Gasteiger partial charge in [0.1, 0.15) is 0 Å². The normalized spacial score (nSPS) is 34.2. The molecule has 0 amide bonds. The Morgan fingerprint density at radius 1 is 1.14 bits per heavy atom. The summed E-state index contributed by atoms with van der Waals surface area (Å²) in [6, 6.07) is 4.93. The second-order valence-electron chi connectivity index (χ2n) is 7.27. The van der Waals surface area contributed by atoms with Crippen LogP contribution in [0.25, 0.3) is 0 Å². The van der Waals surface area contributed by atoms with Crippen molar-refractivity contribution in [2.24, 2.45) is 16.7 Å². The van der Waals surface area contributed by atoms with Crippen molar-refractivity contribution in [2.45, 2.75) is 65.3 Å². The van der Waals surface area contributed by atoms with E-state index in [1.165, 1.54) is 25.7 Å². The molecular weight excluding hydrogens is 270 g/mol. The van der Waals surface area contributed by atoms with Gasteiger partial charge in [-0.3, -0.25) is 4.90 Å². The summed E-state index contributed by atoms with van der Waals surface area (Å²) in [6.45, 7) is 8.57. The first-order valence-corrected chi connectivity index (χ1v) is 8.80. The minimum absolute atomic E-state index is 0.0483. The van der Waals surface area contributed by atoms with Gasteiger partial charge in [0.15, 0.2) is 5.41 Å². The number of allylic oxidation sites excluding steroid dienone is 1. The van der Waals surface area contributed by atoms with E-state index in [4.69, 9.17) is 0 Å². The molecule has 0 spiro atoms. The molecule has 3 unspecified atom stereocenters. The van der Waals surface area contributed by atoms with Crippen LogP contribution >= 0.6 is 0 Å². The minimum atomic E-state index is -0.931. The van der Waals surface area contributed by atoms with Crippen LogP contribution in [-0.4, -0.2) is 24.0 Å². The van der Waals surface area contributed by atoms with Gasteiger partial charge in [0.25, 0.3) is 0 Å². The topological polar surface area (TPSA) is 50.8 Å². The maximum absolute atomic E-state index is 10.0. The molecule has 0 bridgehead atoms. The lowest BCUT2D eigenvalue weighted by molar-refractivity contribution is 0.0251. The summed E-state index contributed by atoms with van der Waals surface area (Å²) < 4.78 is 0. The van der Waals surface area contributed by atoms with Gasteiger partial charge in [-0.15, -0.1) is 0 Å². The van der Waals surface area contributed by atoms with Crippen LogP contribution in [0.1, 0.15) is 59.3 Å². The number of nitrogens with zero attached hydrogens (tertiary/aromatic N) is 3. The molecule has 1 aliphatic carbocycles. The van der Waals surface area contributed by atoms with Crippen LogP contribution in [0.4, 0.5) is 0 Å². The minimum Gasteiger partial charge on any atom is -0.294 e. The summed E-state index contributed by atoms with van der Waals surface area (Å²) in [7, 11) is 0. The molecule has 1 heterocycles. The lowest BCUT2D eigenvalue weighted by Gasteiger charge is -2.51. The molecule has 3 heteroatoms. The van der Waals surface area contributed by atoms with Crippen molar-refractivity contribution in [3.05, 3.63) is 12.2 Å². The van der Waals surface area contributed by atoms with Crippen molar-refractivity contribution < 1.29 is 0 Å². The Morgan fingerprint density at radius 3 is 2.32 bits per heavy atom. The molecule has 3 nitrogen and oxygen atoms in total. The Kier molecular flexibility index (Phi) is 5.30. The van der Waals surface area contributed by atoms with Crippen LogP contribution in [0.5, 0.6) is 0 Å². The number of nitriles is 2. The van der Waals surface area contributed by atoms with Crippen LogP contribution in [0, 0.1) is 39.4 Å². The maximum atomic E-state index is 10.0. The summed E-state index contributed by atoms with van der Waals surface area (Å²) in [5.41, 5.74) is -1.20. The third kappa shape index (κ3) is 2.57. The number of unbranched alkanes of at least 4 members (excludes halogenated alkanes) is 2. The zero-order valence-electron chi connectivity index (χ0n) is 14.3. The predicted octanol–water partition coefficient (Wildman–Crippen LogP) is 4.28. The van der Waals surface area contributed by atoms with Gasteiger partial charge in [0, 0.05) is 5.41 Å². The van der Waals surface area contributed by atoms with Gasteiger partial charge in [-0.1, -0.05) is 52.2 Å². The first-order valence-electron chi connectivity index (χ1n) is 8.80. The Bertz CT molecular complexity index is 476. The molecule has 0 saturated carbocycles. The quantitative estimate of drug-likeness (QED) is 0.562. The highest BCUT2D eigenvalue weighted by Crippen LogP contribution is 2.55. The fourth-order valence-electron chi connectivity index (χ4n) is 4.32. The molecule has 1 fully saturated rings. The van der Waals surface area contributed by atoms with E-state index in [0.29, 0.717) is 0 Å². The third-order valence-electron chi connectivity index (χ3n) is 6.12. The molecule has 0 aromatic rings. The molecule has 1 saturated heterocycles. The van der Waals surface area contributed by atoms with E-state index in [9.17, 15) is 10.5 Å². The van der Waals surface area contributed by atoms with Crippen LogP contribution in [0.3, 0.4) is 0 Å². The molecule has 2 aliphatic rings. The van der Waals surface area contributed by atoms with Crippen molar-refractivity contribution in [1.29, 1.82) is 10.5 Å². The molecule has 0 N–H and O–H groups in total. The van der Waals surface area contributed by atoms with E-state index in [0.717, 1.165) is 25.9 Å². The van der Waals surface area contributed by atoms with Crippen molar-refractivity contribution in [2.75, 3.05) is 13.1 Å². The van der Waals surface area contributed by atoms with Crippen molar-refractivity contribution in [3.63, 3.8) is 0 Å². The summed E-state index contributed by atoms with van der Waals surface area (Å²) in [5, 5.41) is 20.1. The first kappa shape index (κ1) is 17.0. The highest BCUT2D eigenvalue weighted by Gasteiger charge is 2.59. The van der Waals surface area contributed by atoms with E-state index >= 15 is 0 Å². The van der Waals surface area contributed by atoms with Crippen molar-refractivity contribution in [3.8, 4) is 12.1 Å². The second-order valence-corrected chi connectivity index (χ2v) is 7.27. The van der Waals surface area contributed by atoms with Gasteiger partial charge >= 0.3 is 0 Å². The van der Waals surface area contributed by atoms with Crippen molar-refractivity contribution in [1.82, 2.24) is 4.90 Å². The highest BCUT2D eigenvalue weighted by atomic mass is 15.2. The molecular formula is C19H29N3. The summed E-state index contributed by atoms with van der Waals surface area (Å²) >= 11 is 0. The fraction of sp³-hybridized carbons (Fsp3) is 0.789. The van der Waals surface area contributed by atoms with Crippen molar-refractivity contribution >= 4 is 0 Å². The van der Waals surface area contributed by atoms with Crippen LogP contribution < -0.4 is 0 Å². The average Bonchev–Trinajstić information content (AvgIpc) is 3.04. The van der Waals surface area contributed by atoms with Gasteiger partial charge in [-0.25, -0.2) is 0 Å². The Labute approximate surface area is 135 Å². The number of likely N-dealkylation sites (tertiary alicyclic amines) is 1. The summed E-state index contributed by atoms with van der Waals surface area (Å²) in [4.78, 5) is 2.35. The lowest BCUT2D eigenvalue weighted by atomic mass is 9.52. The average molecular weight is 299 g/mol. The van der Waals surface area contributed by atoms with E-state index in [1.807, 2.05) is 0 Å². The van der Waals surface area contributed by atoms with E-state index < -0.39 is 5.41 Å². The predicted molar refractivity (Wildman–Crippen MR) is 88.8 cm³/mol. The van der Waals surface area contributed by atoms with Gasteiger partial charge in [-0.05, 0) is 38.3 Å². The zero-order valence-corrected chi connectivity index (χ0v) is 14.3. The molecule has 1 aliphatic heterocycles. The fourth-order valence-corrected chi connectivity index (χ4v) is 4.32. The Morgan fingerprint density at radius 2 is 1.77 bits per heavy atom. The Hall–Kier alpha value is -1.32. The lowest BCUT2D eigenvalue weighted by Crippen LogP contribution is -2.57.